The lowest BCUT2D eigenvalue weighted by Crippen LogP contribution is -2.37. The first-order valence-corrected chi connectivity index (χ1v) is 7.97. The monoisotopic (exact) mass is 317 g/mol. The predicted octanol–water partition coefficient (Wildman–Crippen LogP) is 3.23. The largest absolute Gasteiger partial charge is 0.508 e. The van der Waals surface area contributed by atoms with E-state index in [9.17, 15) is 10.2 Å². The Morgan fingerprint density at radius 2 is 2.05 bits per heavy atom. The molecule has 3 rings (SSSR count). The average Bonchev–Trinajstić information content (AvgIpc) is 2.52. The quantitative estimate of drug-likeness (QED) is 0.811. The molecule has 0 aliphatic heterocycles. The van der Waals surface area contributed by atoms with E-state index in [0.29, 0.717) is 23.4 Å². The highest BCUT2D eigenvalue weighted by Crippen LogP contribution is 2.25. The van der Waals surface area contributed by atoms with Gasteiger partial charge in [-0.3, -0.25) is 0 Å². The van der Waals surface area contributed by atoms with Gasteiger partial charge in [0.25, 0.3) is 0 Å². The van der Waals surface area contributed by atoms with Crippen LogP contribution in [0.15, 0.2) is 42.5 Å². The Balaban J connectivity index is 1.58. The number of aliphatic hydroxyl groups is 1. The summed E-state index contributed by atoms with van der Waals surface area (Å²) in [4.78, 5) is 0. The van der Waals surface area contributed by atoms with Crippen molar-refractivity contribution in [1.29, 1.82) is 0 Å². The summed E-state index contributed by atoms with van der Waals surface area (Å²) >= 11 is 5.95. The van der Waals surface area contributed by atoms with Crippen LogP contribution in [0, 0.1) is 0 Å². The Bertz CT molecular complexity index is 659. The van der Waals surface area contributed by atoms with Crippen molar-refractivity contribution in [2.45, 2.75) is 31.4 Å². The van der Waals surface area contributed by atoms with E-state index in [-0.39, 0.29) is 0 Å². The Kier molecular flexibility index (Phi) is 4.67. The highest BCUT2D eigenvalue weighted by Gasteiger charge is 2.19. The molecular formula is C18H20ClNO2. The maximum absolute atomic E-state index is 10.3. The predicted molar refractivity (Wildman–Crippen MR) is 88.3 cm³/mol. The molecular weight excluding hydrogens is 298 g/mol. The van der Waals surface area contributed by atoms with E-state index in [0.717, 1.165) is 24.8 Å². The van der Waals surface area contributed by atoms with Crippen molar-refractivity contribution in [3.63, 3.8) is 0 Å². The van der Waals surface area contributed by atoms with Gasteiger partial charge >= 0.3 is 0 Å². The van der Waals surface area contributed by atoms with Gasteiger partial charge in [0.1, 0.15) is 5.75 Å². The molecule has 0 fully saturated rings. The van der Waals surface area contributed by atoms with Gasteiger partial charge in [-0.1, -0.05) is 29.8 Å². The lowest BCUT2D eigenvalue weighted by Gasteiger charge is -2.26. The lowest BCUT2D eigenvalue weighted by molar-refractivity contribution is 0.168. The van der Waals surface area contributed by atoms with E-state index in [4.69, 9.17) is 11.6 Å². The Morgan fingerprint density at radius 1 is 1.18 bits per heavy atom. The minimum absolute atomic E-state index is 0.318. The molecule has 1 aliphatic rings. The first-order chi connectivity index (χ1) is 10.6. The highest BCUT2D eigenvalue weighted by atomic mass is 35.5. The first kappa shape index (κ1) is 15.3. The van der Waals surface area contributed by atoms with Gasteiger partial charge < -0.3 is 15.5 Å². The van der Waals surface area contributed by atoms with E-state index in [1.165, 1.54) is 11.1 Å². The summed E-state index contributed by atoms with van der Waals surface area (Å²) in [5.41, 5.74) is 3.33. The van der Waals surface area contributed by atoms with Crippen molar-refractivity contribution < 1.29 is 10.2 Å². The van der Waals surface area contributed by atoms with Crippen LogP contribution in [0.1, 0.15) is 29.2 Å². The second-order valence-electron chi connectivity index (χ2n) is 5.87. The summed E-state index contributed by atoms with van der Waals surface area (Å²) in [6, 6.07) is 13.2. The third kappa shape index (κ3) is 3.61. The van der Waals surface area contributed by atoms with Gasteiger partial charge in [-0.05, 0) is 60.2 Å². The number of hydrogen-bond acceptors (Lipinski definition) is 3. The van der Waals surface area contributed by atoms with Crippen LogP contribution in [0.5, 0.6) is 5.75 Å². The number of phenols is 1. The normalized spacial score (nSPS) is 18.7. The molecule has 0 amide bonds. The van der Waals surface area contributed by atoms with E-state index in [2.05, 4.69) is 5.32 Å². The molecule has 0 aromatic heterocycles. The number of nitrogens with one attached hydrogen (secondary N) is 1. The number of aromatic hydroxyl groups is 1. The molecule has 0 unspecified atom stereocenters. The number of hydrogen-bond donors (Lipinski definition) is 3. The molecule has 4 heteroatoms. The summed E-state index contributed by atoms with van der Waals surface area (Å²) in [5, 5.41) is 23.9. The van der Waals surface area contributed by atoms with Crippen LogP contribution >= 0.6 is 11.6 Å². The van der Waals surface area contributed by atoms with E-state index < -0.39 is 6.10 Å². The maximum atomic E-state index is 10.3. The van der Waals surface area contributed by atoms with Crippen LogP contribution in [-0.2, 0) is 12.8 Å². The van der Waals surface area contributed by atoms with Gasteiger partial charge in [0.05, 0.1) is 6.10 Å². The fourth-order valence-corrected chi connectivity index (χ4v) is 3.23. The number of aliphatic hydroxyl groups excluding tert-OH is 1. The van der Waals surface area contributed by atoms with Crippen LogP contribution in [0.3, 0.4) is 0 Å². The van der Waals surface area contributed by atoms with E-state index in [1.807, 2.05) is 24.3 Å². The summed E-state index contributed by atoms with van der Waals surface area (Å²) in [6.07, 6.45) is 2.36. The second-order valence-corrected chi connectivity index (χ2v) is 6.31. The first-order valence-electron chi connectivity index (χ1n) is 7.59. The third-order valence-corrected chi connectivity index (χ3v) is 4.49. The molecule has 22 heavy (non-hydrogen) atoms. The molecule has 116 valence electrons. The smallest absolute Gasteiger partial charge is 0.115 e. The minimum atomic E-state index is -0.565. The van der Waals surface area contributed by atoms with Gasteiger partial charge in [0, 0.05) is 17.6 Å². The third-order valence-electron chi connectivity index (χ3n) is 4.25. The second kappa shape index (κ2) is 6.69. The zero-order valence-corrected chi connectivity index (χ0v) is 13.1. The van der Waals surface area contributed by atoms with Crippen molar-refractivity contribution in [2.75, 3.05) is 6.54 Å². The van der Waals surface area contributed by atoms with Crippen molar-refractivity contribution in [3.05, 3.63) is 64.2 Å². The van der Waals surface area contributed by atoms with Gasteiger partial charge in [0.15, 0.2) is 0 Å². The number of halogens is 1. The van der Waals surface area contributed by atoms with Crippen LogP contribution < -0.4 is 5.32 Å². The molecule has 2 atom stereocenters. The Morgan fingerprint density at radius 3 is 2.86 bits per heavy atom. The average molecular weight is 318 g/mol. The molecule has 1 aliphatic carbocycles. The molecule has 3 nitrogen and oxygen atoms in total. The minimum Gasteiger partial charge on any atom is -0.508 e. The van der Waals surface area contributed by atoms with Crippen molar-refractivity contribution in [2.24, 2.45) is 0 Å². The topological polar surface area (TPSA) is 52.5 Å². The molecule has 0 saturated carbocycles. The molecule has 2 aromatic rings. The Labute approximate surface area is 135 Å². The Hall–Kier alpha value is -1.55. The molecule has 0 radical (unpaired) electrons. The summed E-state index contributed by atoms with van der Waals surface area (Å²) in [6.45, 7) is 0.499. The van der Waals surface area contributed by atoms with E-state index in [1.54, 1.807) is 18.2 Å². The van der Waals surface area contributed by atoms with Gasteiger partial charge in [-0.25, -0.2) is 0 Å². The fourth-order valence-electron chi connectivity index (χ4n) is 3.03. The van der Waals surface area contributed by atoms with Gasteiger partial charge in [0.2, 0.25) is 0 Å². The fraction of sp³-hybridized carbons (Fsp3) is 0.333. The highest BCUT2D eigenvalue weighted by molar-refractivity contribution is 6.30. The number of fused-ring (bicyclic) bond motifs is 1. The summed E-state index contributed by atoms with van der Waals surface area (Å²) in [5.74, 6) is 0.318. The van der Waals surface area contributed by atoms with Crippen LogP contribution in [-0.4, -0.2) is 22.8 Å². The summed E-state index contributed by atoms with van der Waals surface area (Å²) < 4.78 is 0. The molecule has 2 aromatic carbocycles. The number of phenolic OH excluding ortho intramolecular Hbond substituents is 1. The lowest BCUT2D eigenvalue weighted by atomic mass is 9.88. The number of aryl methyl sites for hydroxylation is 1. The molecule has 0 bridgehead atoms. The van der Waals surface area contributed by atoms with Gasteiger partial charge in [-0.15, -0.1) is 0 Å². The molecule has 0 heterocycles. The standard InChI is InChI=1S/C18H20ClNO2/c19-15-3-1-2-13(8-15)18(22)11-20-16-6-4-12-5-7-17(21)10-14(12)9-16/h1-3,5,7-8,10,16,18,20-22H,4,6,9,11H2/t16-,18+/m0/s1. The number of benzene rings is 2. The molecule has 3 N–H and O–H groups in total. The van der Waals surface area contributed by atoms with Crippen molar-refractivity contribution in [1.82, 2.24) is 5.32 Å². The zero-order chi connectivity index (χ0) is 15.5. The zero-order valence-electron chi connectivity index (χ0n) is 12.3. The van der Waals surface area contributed by atoms with E-state index >= 15 is 0 Å². The summed E-state index contributed by atoms with van der Waals surface area (Å²) in [7, 11) is 0. The van der Waals surface area contributed by atoms with Crippen molar-refractivity contribution >= 4 is 11.6 Å². The van der Waals surface area contributed by atoms with Crippen LogP contribution in [0.25, 0.3) is 0 Å². The van der Waals surface area contributed by atoms with Gasteiger partial charge in [-0.2, -0.15) is 0 Å². The van der Waals surface area contributed by atoms with Crippen molar-refractivity contribution in [3.8, 4) is 5.75 Å². The molecule has 0 spiro atoms. The van der Waals surface area contributed by atoms with Crippen LogP contribution in [0.4, 0.5) is 0 Å². The van der Waals surface area contributed by atoms with Crippen LogP contribution in [0.2, 0.25) is 5.02 Å². The SMILES string of the molecule is Oc1ccc2c(c1)C[C@@H](NC[C@@H](O)c1cccc(Cl)c1)CC2. The molecule has 0 saturated heterocycles. The number of rotatable bonds is 4. The maximum Gasteiger partial charge on any atom is 0.115 e.